The largest absolute Gasteiger partial charge is 0.481 e. The first-order valence-corrected chi connectivity index (χ1v) is 5.29. The first-order chi connectivity index (χ1) is 6.77. The van der Waals surface area contributed by atoms with Crippen LogP contribution in [0.1, 0.15) is 34.1 Å². The maximum absolute atomic E-state index is 10.9. The number of rotatable bonds is 3. The van der Waals surface area contributed by atoms with Crippen LogP contribution >= 0.6 is 0 Å². The third-order valence-electron chi connectivity index (χ3n) is 2.69. The molecule has 88 valence electrons. The molecule has 1 aliphatic heterocycles. The Morgan fingerprint density at radius 2 is 1.80 bits per heavy atom. The van der Waals surface area contributed by atoms with Crippen molar-refractivity contribution in [3.63, 3.8) is 0 Å². The molecule has 0 radical (unpaired) electrons. The van der Waals surface area contributed by atoms with E-state index < -0.39 is 17.2 Å². The fourth-order valence-corrected chi connectivity index (χ4v) is 1.69. The third kappa shape index (κ3) is 2.92. The van der Waals surface area contributed by atoms with Gasteiger partial charge in [0.2, 0.25) is 0 Å². The van der Waals surface area contributed by atoms with Crippen LogP contribution in [0.3, 0.4) is 0 Å². The normalized spacial score (nSPS) is 36.9. The third-order valence-corrected chi connectivity index (χ3v) is 2.69. The van der Waals surface area contributed by atoms with Gasteiger partial charge in [-0.1, -0.05) is 13.8 Å². The molecular formula is C11H20O4. The smallest absolute Gasteiger partial charge is 0.314 e. The Labute approximate surface area is 90.6 Å². The molecule has 0 unspecified atom stereocenters. The molecule has 1 fully saturated rings. The van der Waals surface area contributed by atoms with Crippen LogP contribution < -0.4 is 0 Å². The Balaban J connectivity index is 2.58. The molecule has 1 heterocycles. The lowest BCUT2D eigenvalue weighted by atomic mass is 9.91. The lowest BCUT2D eigenvalue weighted by Crippen LogP contribution is -2.50. The summed E-state index contributed by atoms with van der Waals surface area (Å²) in [5.41, 5.74) is -0.906. The molecule has 0 bridgehead atoms. The van der Waals surface area contributed by atoms with E-state index in [0.29, 0.717) is 5.92 Å². The molecule has 4 heteroatoms. The highest BCUT2D eigenvalue weighted by atomic mass is 16.7. The second kappa shape index (κ2) is 4.10. The highest BCUT2D eigenvalue weighted by Gasteiger charge is 2.44. The van der Waals surface area contributed by atoms with Crippen molar-refractivity contribution in [2.24, 2.45) is 11.3 Å². The van der Waals surface area contributed by atoms with Gasteiger partial charge in [0, 0.05) is 6.42 Å². The monoisotopic (exact) mass is 216 g/mol. The van der Waals surface area contributed by atoms with Crippen molar-refractivity contribution in [2.45, 2.75) is 39.9 Å². The SMILES string of the molecule is CC(C)CC1(C)OCC(C)(C(=O)O)CO1. The predicted octanol–water partition coefficient (Wildman–Crippen LogP) is 1.89. The Morgan fingerprint density at radius 3 is 2.13 bits per heavy atom. The lowest BCUT2D eigenvalue weighted by molar-refractivity contribution is -0.295. The number of carboxylic acid groups (broad SMARTS) is 1. The number of ether oxygens (including phenoxy) is 2. The van der Waals surface area contributed by atoms with E-state index in [1.165, 1.54) is 0 Å². The van der Waals surface area contributed by atoms with Gasteiger partial charge < -0.3 is 14.6 Å². The molecule has 1 N–H and O–H groups in total. The Kier molecular flexibility index (Phi) is 3.41. The van der Waals surface area contributed by atoms with Crippen molar-refractivity contribution >= 4 is 5.97 Å². The molecule has 0 aliphatic carbocycles. The van der Waals surface area contributed by atoms with Crippen LogP contribution in [0.25, 0.3) is 0 Å². The zero-order valence-corrected chi connectivity index (χ0v) is 9.87. The summed E-state index contributed by atoms with van der Waals surface area (Å²) in [5, 5.41) is 8.99. The van der Waals surface area contributed by atoms with Crippen molar-refractivity contribution in [1.29, 1.82) is 0 Å². The maximum atomic E-state index is 10.9. The van der Waals surface area contributed by atoms with E-state index in [-0.39, 0.29) is 13.2 Å². The number of hydrogen-bond acceptors (Lipinski definition) is 3. The minimum atomic E-state index is -0.906. The zero-order chi connectivity index (χ0) is 11.7. The second-order valence-electron chi connectivity index (χ2n) is 5.17. The minimum absolute atomic E-state index is 0.214. The summed E-state index contributed by atoms with van der Waals surface area (Å²) < 4.78 is 11.1. The summed E-state index contributed by atoms with van der Waals surface area (Å²) in [5.74, 6) is -1.03. The number of carbonyl (C=O) groups is 1. The maximum Gasteiger partial charge on any atom is 0.314 e. The van der Waals surface area contributed by atoms with Gasteiger partial charge in [-0.15, -0.1) is 0 Å². The fourth-order valence-electron chi connectivity index (χ4n) is 1.69. The number of aliphatic carboxylic acids is 1. The van der Waals surface area contributed by atoms with Crippen LogP contribution in [0.15, 0.2) is 0 Å². The summed E-state index contributed by atoms with van der Waals surface area (Å²) in [4.78, 5) is 10.9. The van der Waals surface area contributed by atoms with Crippen LogP contribution in [-0.4, -0.2) is 30.1 Å². The topological polar surface area (TPSA) is 55.8 Å². The second-order valence-corrected chi connectivity index (χ2v) is 5.17. The molecule has 0 aromatic rings. The summed E-state index contributed by atoms with van der Waals surface area (Å²) in [6.07, 6.45) is 0.780. The molecule has 1 aliphatic rings. The van der Waals surface area contributed by atoms with Gasteiger partial charge in [-0.25, -0.2) is 0 Å². The van der Waals surface area contributed by atoms with Crippen LogP contribution in [0.4, 0.5) is 0 Å². The van der Waals surface area contributed by atoms with Crippen LogP contribution in [0.5, 0.6) is 0 Å². The van der Waals surface area contributed by atoms with E-state index in [1.807, 2.05) is 6.92 Å². The van der Waals surface area contributed by atoms with Crippen molar-refractivity contribution < 1.29 is 19.4 Å². The molecular weight excluding hydrogens is 196 g/mol. The van der Waals surface area contributed by atoms with Crippen molar-refractivity contribution in [3.8, 4) is 0 Å². The average molecular weight is 216 g/mol. The predicted molar refractivity (Wildman–Crippen MR) is 55.5 cm³/mol. The molecule has 4 nitrogen and oxygen atoms in total. The molecule has 0 atom stereocenters. The quantitative estimate of drug-likeness (QED) is 0.782. The standard InChI is InChI=1S/C11H20O4/c1-8(2)5-11(4)14-6-10(3,7-15-11)9(12)13/h8H,5-7H2,1-4H3,(H,12,13). The average Bonchev–Trinajstić information content (AvgIpc) is 2.09. The van der Waals surface area contributed by atoms with Crippen molar-refractivity contribution in [1.82, 2.24) is 0 Å². The summed E-state index contributed by atoms with van der Waals surface area (Å²) in [6, 6.07) is 0. The number of carboxylic acids is 1. The van der Waals surface area contributed by atoms with Gasteiger partial charge in [0.05, 0.1) is 13.2 Å². The van der Waals surface area contributed by atoms with Gasteiger partial charge in [0.15, 0.2) is 5.79 Å². The van der Waals surface area contributed by atoms with Crippen molar-refractivity contribution in [3.05, 3.63) is 0 Å². The van der Waals surface area contributed by atoms with Gasteiger partial charge in [0.25, 0.3) is 0 Å². The van der Waals surface area contributed by atoms with Gasteiger partial charge >= 0.3 is 5.97 Å². The Hall–Kier alpha value is -0.610. The van der Waals surface area contributed by atoms with Crippen LogP contribution in [-0.2, 0) is 14.3 Å². The van der Waals surface area contributed by atoms with E-state index in [0.717, 1.165) is 6.42 Å². The molecule has 0 aromatic heterocycles. The van der Waals surface area contributed by atoms with Gasteiger partial charge in [0.1, 0.15) is 5.41 Å². The van der Waals surface area contributed by atoms with E-state index in [1.54, 1.807) is 6.92 Å². The first-order valence-electron chi connectivity index (χ1n) is 5.29. The highest BCUT2D eigenvalue weighted by Crippen LogP contribution is 2.33. The summed E-state index contributed by atoms with van der Waals surface area (Å²) in [6.45, 7) is 8.11. The van der Waals surface area contributed by atoms with Crippen LogP contribution in [0, 0.1) is 11.3 Å². The summed E-state index contributed by atoms with van der Waals surface area (Å²) >= 11 is 0. The van der Waals surface area contributed by atoms with Gasteiger partial charge in [-0.3, -0.25) is 4.79 Å². The molecule has 15 heavy (non-hydrogen) atoms. The van der Waals surface area contributed by atoms with Crippen molar-refractivity contribution in [2.75, 3.05) is 13.2 Å². The van der Waals surface area contributed by atoms with E-state index in [2.05, 4.69) is 13.8 Å². The Morgan fingerprint density at radius 1 is 1.33 bits per heavy atom. The molecule has 0 saturated carbocycles. The fraction of sp³-hybridized carbons (Fsp3) is 0.909. The first kappa shape index (κ1) is 12.5. The molecule has 0 aromatic carbocycles. The molecule has 0 spiro atoms. The Bertz CT molecular complexity index is 239. The number of hydrogen-bond donors (Lipinski definition) is 1. The lowest BCUT2D eigenvalue weighted by Gasteiger charge is -2.41. The molecule has 1 rings (SSSR count). The molecule has 0 amide bonds. The summed E-state index contributed by atoms with van der Waals surface area (Å²) in [7, 11) is 0. The van der Waals surface area contributed by atoms with Gasteiger partial charge in [-0.2, -0.15) is 0 Å². The van der Waals surface area contributed by atoms with E-state index in [9.17, 15) is 4.79 Å². The van der Waals surface area contributed by atoms with E-state index in [4.69, 9.17) is 14.6 Å². The zero-order valence-electron chi connectivity index (χ0n) is 9.87. The minimum Gasteiger partial charge on any atom is -0.481 e. The van der Waals surface area contributed by atoms with E-state index >= 15 is 0 Å². The van der Waals surface area contributed by atoms with Gasteiger partial charge in [-0.05, 0) is 19.8 Å². The molecule has 1 saturated heterocycles. The van der Waals surface area contributed by atoms with Crippen LogP contribution in [0.2, 0.25) is 0 Å². The highest BCUT2D eigenvalue weighted by molar-refractivity contribution is 5.74.